The predicted molar refractivity (Wildman–Crippen MR) is 156 cm³/mol. The lowest BCUT2D eigenvalue weighted by Crippen LogP contribution is -2.40. The van der Waals surface area contributed by atoms with E-state index in [1.54, 1.807) is 6.20 Å². The molecule has 0 spiro atoms. The Bertz CT molecular complexity index is 1200. The number of benzene rings is 2. The molecule has 10 heteroatoms. The fourth-order valence-electron chi connectivity index (χ4n) is 3.47. The summed E-state index contributed by atoms with van der Waals surface area (Å²) in [6.07, 6.45) is 1.45. The fraction of sp³-hybridized carbons (Fsp3) is 0.393. The van der Waals surface area contributed by atoms with Crippen LogP contribution in [0.3, 0.4) is 0 Å². The van der Waals surface area contributed by atoms with E-state index in [-0.39, 0.29) is 5.04 Å². The van der Waals surface area contributed by atoms with Crippen LogP contribution < -0.4 is 16.4 Å². The van der Waals surface area contributed by atoms with Gasteiger partial charge in [0.25, 0.3) is 0 Å². The highest BCUT2D eigenvalue weighted by atomic mass is 28.4. The molecule has 0 unspecified atom stereocenters. The molecule has 1 aromatic heterocycles. The Hall–Kier alpha value is -3.63. The van der Waals surface area contributed by atoms with E-state index >= 15 is 0 Å². The van der Waals surface area contributed by atoms with Gasteiger partial charge in [0.2, 0.25) is 5.95 Å². The van der Waals surface area contributed by atoms with Crippen molar-refractivity contribution >= 4 is 37.6 Å². The lowest BCUT2D eigenvalue weighted by atomic mass is 10.2. The molecule has 0 aliphatic heterocycles. The Labute approximate surface area is 226 Å². The summed E-state index contributed by atoms with van der Waals surface area (Å²) in [6.45, 7) is 12.7. The largest absolute Gasteiger partial charge is 0.465 e. The Morgan fingerprint density at radius 1 is 1.13 bits per heavy atom. The maximum absolute atomic E-state index is 11.8. The number of nitrogens with zero attached hydrogens (tertiary/aromatic N) is 3. The second kappa shape index (κ2) is 12.7. The van der Waals surface area contributed by atoms with Crippen molar-refractivity contribution in [3.63, 3.8) is 0 Å². The second-order valence-corrected chi connectivity index (χ2v) is 15.6. The highest BCUT2D eigenvalue weighted by Gasteiger charge is 2.37. The Balaban J connectivity index is 1.70. The quantitative estimate of drug-likeness (QED) is 0.121. The Kier molecular flexibility index (Phi) is 9.70. The van der Waals surface area contributed by atoms with Crippen LogP contribution in [0.5, 0.6) is 0 Å². The van der Waals surface area contributed by atoms with Crippen LogP contribution in [-0.2, 0) is 17.6 Å². The first-order valence-electron chi connectivity index (χ1n) is 12.8. The van der Waals surface area contributed by atoms with E-state index in [9.17, 15) is 9.90 Å². The summed E-state index contributed by atoms with van der Waals surface area (Å²) in [6, 6.07) is 17.0. The molecule has 0 saturated heterocycles. The molecule has 0 fully saturated rings. The summed E-state index contributed by atoms with van der Waals surface area (Å²) in [5.41, 5.74) is 9.15. The highest BCUT2D eigenvalue weighted by Crippen LogP contribution is 2.37. The van der Waals surface area contributed by atoms with Crippen molar-refractivity contribution in [3.05, 3.63) is 71.9 Å². The van der Waals surface area contributed by atoms with Gasteiger partial charge in [-0.05, 0) is 48.3 Å². The van der Waals surface area contributed by atoms with E-state index in [1.165, 1.54) is 4.90 Å². The van der Waals surface area contributed by atoms with Crippen molar-refractivity contribution in [1.82, 2.24) is 14.9 Å². The molecule has 0 bridgehead atoms. The predicted octanol–water partition coefficient (Wildman–Crippen LogP) is 6.31. The second-order valence-electron chi connectivity index (χ2n) is 10.8. The average molecular weight is 537 g/mol. The molecule has 9 nitrogen and oxygen atoms in total. The molecule has 5 N–H and O–H groups in total. The molecule has 0 aliphatic rings. The molecule has 204 valence electrons. The molecule has 3 aromatic rings. The molecule has 1 amide bonds. The van der Waals surface area contributed by atoms with Gasteiger partial charge < -0.3 is 30.8 Å². The van der Waals surface area contributed by atoms with Crippen molar-refractivity contribution in [2.75, 3.05) is 29.5 Å². The number of aromatic nitrogens is 2. The van der Waals surface area contributed by atoms with Gasteiger partial charge in [0.15, 0.2) is 8.32 Å². The van der Waals surface area contributed by atoms with E-state index in [2.05, 4.69) is 49.5 Å². The third-order valence-corrected chi connectivity index (χ3v) is 11.3. The third kappa shape index (κ3) is 8.46. The number of nitrogens with one attached hydrogen (secondary N) is 2. The first kappa shape index (κ1) is 28.9. The summed E-state index contributed by atoms with van der Waals surface area (Å²) < 4.78 is 6.43. The van der Waals surface area contributed by atoms with Crippen LogP contribution in [0.25, 0.3) is 0 Å². The SMILES string of the molecule is CC(C)(C)[Si](C)(C)OCc1cnc(Nc2cccc(N)c2)nc1NCCCN(Cc1ccccc1)C(=O)O. The maximum atomic E-state index is 11.8. The van der Waals surface area contributed by atoms with E-state index in [4.69, 9.17) is 15.1 Å². The van der Waals surface area contributed by atoms with Crippen molar-refractivity contribution < 1.29 is 14.3 Å². The molecule has 1 heterocycles. The van der Waals surface area contributed by atoms with Gasteiger partial charge in [-0.3, -0.25) is 0 Å². The smallest absolute Gasteiger partial charge is 0.407 e. The first-order valence-corrected chi connectivity index (χ1v) is 15.7. The number of nitrogen functional groups attached to an aromatic ring is 1. The minimum atomic E-state index is -1.98. The topological polar surface area (TPSA) is 126 Å². The third-order valence-electron chi connectivity index (χ3n) is 6.79. The molecule has 3 rings (SSSR count). The molecule has 0 aliphatic carbocycles. The maximum Gasteiger partial charge on any atom is 0.407 e. The van der Waals surface area contributed by atoms with Crippen LogP contribution >= 0.6 is 0 Å². The van der Waals surface area contributed by atoms with Crippen LogP contribution in [-0.4, -0.2) is 47.5 Å². The van der Waals surface area contributed by atoms with Gasteiger partial charge in [0.05, 0.1) is 6.61 Å². The summed E-state index contributed by atoms with van der Waals surface area (Å²) >= 11 is 0. The van der Waals surface area contributed by atoms with Crippen LogP contribution in [0.2, 0.25) is 18.1 Å². The normalized spacial score (nSPS) is 11.7. The van der Waals surface area contributed by atoms with Crippen molar-refractivity contribution in [3.8, 4) is 0 Å². The van der Waals surface area contributed by atoms with E-state index in [1.807, 2.05) is 54.6 Å². The van der Waals surface area contributed by atoms with Crippen molar-refractivity contribution in [1.29, 1.82) is 0 Å². The summed E-state index contributed by atoms with van der Waals surface area (Å²) in [5, 5.41) is 16.3. The molecule has 2 aromatic carbocycles. The minimum Gasteiger partial charge on any atom is -0.465 e. The monoisotopic (exact) mass is 536 g/mol. The molecule has 0 radical (unpaired) electrons. The summed E-state index contributed by atoms with van der Waals surface area (Å²) in [5.74, 6) is 1.10. The summed E-state index contributed by atoms with van der Waals surface area (Å²) in [4.78, 5) is 22.4. The minimum absolute atomic E-state index is 0.0786. The summed E-state index contributed by atoms with van der Waals surface area (Å²) in [7, 11) is -1.98. The van der Waals surface area contributed by atoms with Crippen LogP contribution in [0.15, 0.2) is 60.8 Å². The van der Waals surface area contributed by atoms with Crippen LogP contribution in [0.1, 0.15) is 38.3 Å². The Morgan fingerprint density at radius 2 is 1.87 bits per heavy atom. The number of carbonyl (C=O) groups is 1. The average Bonchev–Trinajstić information content (AvgIpc) is 2.85. The van der Waals surface area contributed by atoms with Gasteiger partial charge >= 0.3 is 6.09 Å². The zero-order valence-electron chi connectivity index (χ0n) is 23.0. The fourth-order valence-corrected chi connectivity index (χ4v) is 4.42. The number of hydrogen-bond donors (Lipinski definition) is 4. The number of anilines is 4. The zero-order valence-corrected chi connectivity index (χ0v) is 24.0. The van der Waals surface area contributed by atoms with Crippen molar-refractivity contribution in [2.45, 2.75) is 58.5 Å². The van der Waals surface area contributed by atoms with Crippen molar-refractivity contribution in [2.24, 2.45) is 0 Å². The lowest BCUT2D eigenvalue weighted by molar-refractivity contribution is 0.142. The van der Waals surface area contributed by atoms with E-state index in [0.29, 0.717) is 50.1 Å². The molecular formula is C28H40N6O3Si. The Morgan fingerprint density at radius 3 is 2.53 bits per heavy atom. The molecule has 0 saturated carbocycles. The standard InChI is InChI=1S/C28H40N6O3Si/c1-28(2,3)38(4,5)37-20-22-18-31-26(32-24-14-9-13-23(29)17-24)33-25(22)30-15-10-16-34(27(35)36)19-21-11-7-6-8-12-21/h6-9,11-14,17-18H,10,15-16,19-20,29H2,1-5H3,(H,35,36)(H2,30,31,32,33). The van der Waals surface area contributed by atoms with Crippen LogP contribution in [0, 0.1) is 0 Å². The molecule has 0 atom stereocenters. The van der Waals surface area contributed by atoms with Gasteiger partial charge in [0.1, 0.15) is 5.82 Å². The zero-order chi connectivity index (χ0) is 27.8. The van der Waals surface area contributed by atoms with Gasteiger partial charge in [0, 0.05) is 42.8 Å². The molecular weight excluding hydrogens is 496 g/mol. The van der Waals surface area contributed by atoms with Crippen LogP contribution in [0.4, 0.5) is 27.9 Å². The number of amides is 1. The lowest BCUT2D eigenvalue weighted by Gasteiger charge is -2.36. The highest BCUT2D eigenvalue weighted by molar-refractivity contribution is 6.74. The number of rotatable bonds is 12. The number of carboxylic acid groups (broad SMARTS) is 1. The van der Waals surface area contributed by atoms with Gasteiger partial charge in [-0.2, -0.15) is 4.98 Å². The van der Waals surface area contributed by atoms with E-state index in [0.717, 1.165) is 16.8 Å². The molecule has 38 heavy (non-hydrogen) atoms. The van der Waals surface area contributed by atoms with Gasteiger partial charge in [-0.15, -0.1) is 0 Å². The first-order chi connectivity index (χ1) is 17.9. The van der Waals surface area contributed by atoms with Gasteiger partial charge in [-0.1, -0.05) is 57.2 Å². The number of hydrogen-bond acceptors (Lipinski definition) is 7. The number of nitrogens with two attached hydrogens (primary N) is 1. The van der Waals surface area contributed by atoms with E-state index < -0.39 is 14.4 Å². The van der Waals surface area contributed by atoms with Gasteiger partial charge in [-0.25, -0.2) is 9.78 Å².